The Morgan fingerprint density at radius 2 is 1.65 bits per heavy atom. The Balaban J connectivity index is 1.75. The van der Waals surface area contributed by atoms with E-state index in [0.29, 0.717) is 11.9 Å². The van der Waals surface area contributed by atoms with Crippen LogP contribution in [0, 0.1) is 0 Å². The van der Waals surface area contributed by atoms with Crippen LogP contribution in [0.25, 0.3) is 0 Å². The van der Waals surface area contributed by atoms with E-state index >= 15 is 0 Å². The lowest BCUT2D eigenvalue weighted by molar-refractivity contribution is -0.135. The third-order valence-electron chi connectivity index (χ3n) is 5.18. The summed E-state index contributed by atoms with van der Waals surface area (Å²) in [5.41, 5.74) is 1.02. The van der Waals surface area contributed by atoms with Crippen LogP contribution in [0.4, 0.5) is 0 Å². The second-order valence-corrected chi connectivity index (χ2v) is 6.51. The number of rotatable bonds is 3. The summed E-state index contributed by atoms with van der Waals surface area (Å²) in [7, 11) is 2.03. The first-order valence-corrected chi connectivity index (χ1v) is 8.07. The fourth-order valence-electron chi connectivity index (χ4n) is 3.66. The average molecular weight is 271 g/mol. The first-order valence-electron chi connectivity index (χ1n) is 8.07. The molecule has 1 aromatic rings. The van der Waals surface area contributed by atoms with E-state index in [4.69, 9.17) is 0 Å². The molecule has 2 aliphatic carbocycles. The Morgan fingerprint density at radius 3 is 2.20 bits per heavy atom. The zero-order valence-electron chi connectivity index (χ0n) is 12.5. The minimum absolute atomic E-state index is 0.192. The number of carbonyl (C=O) groups excluding carboxylic acids is 1. The Labute approximate surface area is 122 Å². The summed E-state index contributed by atoms with van der Waals surface area (Å²) in [6.07, 6.45) is 9.64. The van der Waals surface area contributed by atoms with Crippen molar-refractivity contribution in [1.82, 2.24) is 4.90 Å². The molecule has 0 unspecified atom stereocenters. The van der Waals surface area contributed by atoms with E-state index in [9.17, 15) is 4.79 Å². The number of nitrogens with zero attached hydrogens (tertiary/aromatic N) is 1. The van der Waals surface area contributed by atoms with Gasteiger partial charge in [0.2, 0.25) is 5.91 Å². The fourth-order valence-corrected chi connectivity index (χ4v) is 3.66. The first-order chi connectivity index (χ1) is 9.74. The summed E-state index contributed by atoms with van der Waals surface area (Å²) in [6, 6.07) is 10.8. The van der Waals surface area contributed by atoms with Gasteiger partial charge in [0.25, 0.3) is 0 Å². The van der Waals surface area contributed by atoms with E-state index in [2.05, 4.69) is 17.0 Å². The van der Waals surface area contributed by atoms with Crippen LogP contribution in [0.1, 0.15) is 56.9 Å². The molecule has 2 saturated carbocycles. The van der Waals surface area contributed by atoms with Crippen molar-refractivity contribution >= 4 is 5.91 Å². The molecular formula is C18H25NO. The topological polar surface area (TPSA) is 20.3 Å². The highest BCUT2D eigenvalue weighted by Crippen LogP contribution is 2.49. The van der Waals surface area contributed by atoms with Crippen molar-refractivity contribution in [3.8, 4) is 0 Å². The highest BCUT2D eigenvalue weighted by molar-refractivity contribution is 5.91. The van der Waals surface area contributed by atoms with Gasteiger partial charge in [-0.3, -0.25) is 4.79 Å². The Hall–Kier alpha value is -1.31. The van der Waals surface area contributed by atoms with Gasteiger partial charge >= 0.3 is 0 Å². The van der Waals surface area contributed by atoms with Crippen LogP contribution in [0.2, 0.25) is 0 Å². The van der Waals surface area contributed by atoms with Crippen LogP contribution in [0.3, 0.4) is 0 Å². The molecule has 0 N–H and O–H groups in total. The fraction of sp³-hybridized carbons (Fsp3) is 0.611. The highest BCUT2D eigenvalue weighted by atomic mass is 16.2. The number of hydrogen-bond donors (Lipinski definition) is 0. The molecule has 3 rings (SSSR count). The second-order valence-electron chi connectivity index (χ2n) is 6.51. The van der Waals surface area contributed by atoms with Crippen LogP contribution in [-0.4, -0.2) is 23.9 Å². The number of carbonyl (C=O) groups is 1. The average Bonchev–Trinajstić information content (AvgIpc) is 3.31. The van der Waals surface area contributed by atoms with Crippen molar-refractivity contribution in [1.29, 1.82) is 0 Å². The first kappa shape index (κ1) is 13.7. The smallest absolute Gasteiger partial charge is 0.233 e. The van der Waals surface area contributed by atoms with Crippen molar-refractivity contribution in [3.63, 3.8) is 0 Å². The molecule has 0 bridgehead atoms. The van der Waals surface area contributed by atoms with Gasteiger partial charge in [-0.15, -0.1) is 0 Å². The van der Waals surface area contributed by atoms with Crippen LogP contribution in [0.5, 0.6) is 0 Å². The maximum atomic E-state index is 13.0. The van der Waals surface area contributed by atoms with Crippen molar-refractivity contribution < 1.29 is 4.79 Å². The molecule has 0 aliphatic heterocycles. The van der Waals surface area contributed by atoms with Crippen molar-refractivity contribution in [2.45, 2.75) is 62.8 Å². The minimum Gasteiger partial charge on any atom is -0.342 e. The van der Waals surface area contributed by atoms with Gasteiger partial charge in [0.1, 0.15) is 0 Å². The molecule has 0 atom stereocenters. The third kappa shape index (κ3) is 2.48. The second kappa shape index (κ2) is 5.59. The van der Waals surface area contributed by atoms with E-state index in [1.165, 1.54) is 44.1 Å². The molecule has 2 fully saturated rings. The van der Waals surface area contributed by atoms with E-state index in [-0.39, 0.29) is 5.41 Å². The molecule has 0 aromatic heterocycles. The normalized spacial score (nSPS) is 22.1. The van der Waals surface area contributed by atoms with Gasteiger partial charge in [0.15, 0.2) is 0 Å². The molecule has 0 radical (unpaired) electrons. The monoisotopic (exact) mass is 271 g/mol. The lowest BCUT2D eigenvalue weighted by Gasteiger charge is -2.31. The number of amides is 1. The van der Waals surface area contributed by atoms with Gasteiger partial charge in [0, 0.05) is 13.1 Å². The minimum atomic E-state index is -0.192. The van der Waals surface area contributed by atoms with Crippen molar-refractivity contribution in [3.05, 3.63) is 35.9 Å². The Bertz CT molecular complexity index is 456. The maximum Gasteiger partial charge on any atom is 0.233 e. The summed E-state index contributed by atoms with van der Waals surface area (Å²) in [6.45, 7) is 0. The third-order valence-corrected chi connectivity index (χ3v) is 5.18. The van der Waals surface area contributed by atoms with Gasteiger partial charge in [0.05, 0.1) is 5.41 Å². The number of likely N-dealkylation sites (N-methyl/N-ethyl adjacent to an activating group) is 1. The SMILES string of the molecule is CN(C(=O)C1(c2ccccc2)CC1)C1CCCCCC1. The predicted octanol–water partition coefficient (Wildman–Crippen LogP) is 3.90. The molecule has 20 heavy (non-hydrogen) atoms. The van der Waals surface area contributed by atoms with Gasteiger partial charge in [-0.05, 0) is 31.2 Å². The number of hydrogen-bond acceptors (Lipinski definition) is 1. The molecule has 0 spiro atoms. The molecule has 108 valence electrons. The molecule has 0 saturated heterocycles. The van der Waals surface area contributed by atoms with Crippen LogP contribution in [-0.2, 0) is 10.2 Å². The van der Waals surface area contributed by atoms with E-state index in [1.807, 2.05) is 25.2 Å². The van der Waals surface area contributed by atoms with Gasteiger partial charge < -0.3 is 4.90 Å². The lowest BCUT2D eigenvalue weighted by atomic mass is 9.93. The summed E-state index contributed by atoms with van der Waals surface area (Å²) in [5.74, 6) is 0.357. The predicted molar refractivity (Wildman–Crippen MR) is 81.6 cm³/mol. The zero-order chi connectivity index (χ0) is 14.0. The van der Waals surface area contributed by atoms with Crippen molar-refractivity contribution in [2.75, 3.05) is 7.05 Å². The van der Waals surface area contributed by atoms with Crippen molar-refractivity contribution in [2.24, 2.45) is 0 Å². The van der Waals surface area contributed by atoms with Crippen LogP contribution >= 0.6 is 0 Å². The molecule has 1 aromatic carbocycles. The van der Waals surface area contributed by atoms with E-state index in [0.717, 1.165) is 12.8 Å². The lowest BCUT2D eigenvalue weighted by Crippen LogP contribution is -2.43. The van der Waals surface area contributed by atoms with Gasteiger partial charge in [-0.25, -0.2) is 0 Å². The van der Waals surface area contributed by atoms with E-state index < -0.39 is 0 Å². The number of benzene rings is 1. The van der Waals surface area contributed by atoms with Gasteiger partial charge in [-0.1, -0.05) is 56.0 Å². The molecule has 2 nitrogen and oxygen atoms in total. The molecule has 2 heteroatoms. The standard InChI is InChI=1S/C18H25NO/c1-19(16-11-7-2-3-8-12-16)17(20)18(13-14-18)15-9-5-4-6-10-15/h4-6,9-10,16H,2-3,7-8,11-14H2,1H3. The van der Waals surface area contributed by atoms with Crippen LogP contribution in [0.15, 0.2) is 30.3 Å². The zero-order valence-corrected chi connectivity index (χ0v) is 12.5. The largest absolute Gasteiger partial charge is 0.342 e. The Morgan fingerprint density at radius 1 is 1.05 bits per heavy atom. The van der Waals surface area contributed by atoms with Gasteiger partial charge in [-0.2, -0.15) is 0 Å². The summed E-state index contributed by atoms with van der Waals surface area (Å²) in [4.78, 5) is 15.0. The Kier molecular flexibility index (Phi) is 3.82. The quantitative estimate of drug-likeness (QED) is 0.764. The molecular weight excluding hydrogens is 246 g/mol. The van der Waals surface area contributed by atoms with E-state index in [1.54, 1.807) is 0 Å². The summed E-state index contributed by atoms with van der Waals surface area (Å²) >= 11 is 0. The molecule has 1 amide bonds. The summed E-state index contributed by atoms with van der Waals surface area (Å²) < 4.78 is 0. The molecule has 0 heterocycles. The summed E-state index contributed by atoms with van der Waals surface area (Å²) in [5, 5.41) is 0. The van der Waals surface area contributed by atoms with Crippen LogP contribution < -0.4 is 0 Å². The maximum absolute atomic E-state index is 13.0. The molecule has 2 aliphatic rings. The highest BCUT2D eigenvalue weighted by Gasteiger charge is 2.53.